The second-order valence-corrected chi connectivity index (χ2v) is 6.19. The Hall–Kier alpha value is -1.14. The number of hydrogen-bond donors (Lipinski definition) is 1. The fraction of sp³-hybridized carbons (Fsp3) is 0.867. The Balaban J connectivity index is 2.43. The number of rotatable bonds is 8. The standard InChI is InChI=1S/C15H29N3O3/c1-11(2)13(16)5-6-17(3)15(20)12-9-14(19)18(10-12)7-8-21-4/h11-13H,5-10,16H2,1-4H3. The van der Waals surface area contributed by atoms with Gasteiger partial charge >= 0.3 is 0 Å². The lowest BCUT2D eigenvalue weighted by Gasteiger charge is -2.24. The van der Waals surface area contributed by atoms with Crippen LogP contribution in [0.1, 0.15) is 26.7 Å². The molecule has 1 aliphatic rings. The Morgan fingerprint density at radius 1 is 1.52 bits per heavy atom. The fourth-order valence-corrected chi connectivity index (χ4v) is 2.45. The molecule has 0 spiro atoms. The first-order valence-corrected chi connectivity index (χ1v) is 7.64. The van der Waals surface area contributed by atoms with Crippen molar-refractivity contribution in [2.24, 2.45) is 17.6 Å². The number of methoxy groups -OCH3 is 1. The molecule has 0 aromatic heterocycles. The van der Waals surface area contributed by atoms with Crippen LogP contribution in [-0.2, 0) is 14.3 Å². The number of ether oxygens (including phenoxy) is 1. The van der Waals surface area contributed by atoms with Crippen LogP contribution < -0.4 is 5.73 Å². The molecule has 1 saturated heterocycles. The highest BCUT2D eigenvalue weighted by molar-refractivity contribution is 5.89. The van der Waals surface area contributed by atoms with Gasteiger partial charge in [0.05, 0.1) is 12.5 Å². The highest BCUT2D eigenvalue weighted by Gasteiger charge is 2.35. The van der Waals surface area contributed by atoms with E-state index in [0.29, 0.717) is 38.6 Å². The Morgan fingerprint density at radius 2 is 2.19 bits per heavy atom. The molecule has 2 atom stereocenters. The van der Waals surface area contributed by atoms with Gasteiger partial charge in [0, 0.05) is 46.3 Å². The molecule has 6 heteroatoms. The van der Waals surface area contributed by atoms with Crippen molar-refractivity contribution in [3.8, 4) is 0 Å². The summed E-state index contributed by atoms with van der Waals surface area (Å²) in [5.41, 5.74) is 6.00. The minimum atomic E-state index is -0.227. The van der Waals surface area contributed by atoms with Crippen LogP contribution >= 0.6 is 0 Å². The predicted molar refractivity (Wildman–Crippen MR) is 81.6 cm³/mol. The average molecular weight is 299 g/mol. The van der Waals surface area contributed by atoms with E-state index in [0.717, 1.165) is 6.42 Å². The van der Waals surface area contributed by atoms with Crippen molar-refractivity contribution in [2.75, 3.05) is 40.4 Å². The van der Waals surface area contributed by atoms with Gasteiger partial charge in [0.1, 0.15) is 0 Å². The van der Waals surface area contributed by atoms with Crippen molar-refractivity contribution in [3.63, 3.8) is 0 Å². The quantitative estimate of drug-likeness (QED) is 0.700. The van der Waals surface area contributed by atoms with Gasteiger partial charge in [-0.1, -0.05) is 13.8 Å². The fourth-order valence-electron chi connectivity index (χ4n) is 2.45. The molecule has 2 amide bonds. The normalized spacial score (nSPS) is 20.2. The first kappa shape index (κ1) is 17.9. The van der Waals surface area contributed by atoms with Gasteiger partial charge in [0.2, 0.25) is 11.8 Å². The summed E-state index contributed by atoms with van der Waals surface area (Å²) >= 11 is 0. The Bertz CT molecular complexity index is 360. The van der Waals surface area contributed by atoms with Gasteiger partial charge < -0.3 is 20.3 Å². The molecule has 2 N–H and O–H groups in total. The molecule has 0 bridgehead atoms. The molecule has 2 unspecified atom stereocenters. The smallest absolute Gasteiger partial charge is 0.227 e. The molecule has 122 valence electrons. The lowest BCUT2D eigenvalue weighted by Crippen LogP contribution is -2.38. The van der Waals surface area contributed by atoms with Gasteiger partial charge in [-0.05, 0) is 12.3 Å². The van der Waals surface area contributed by atoms with Crippen molar-refractivity contribution in [3.05, 3.63) is 0 Å². The molecule has 1 aliphatic heterocycles. The number of hydrogen-bond acceptors (Lipinski definition) is 4. The van der Waals surface area contributed by atoms with E-state index in [-0.39, 0.29) is 23.8 Å². The van der Waals surface area contributed by atoms with E-state index in [1.165, 1.54) is 0 Å². The number of amides is 2. The SMILES string of the molecule is COCCN1CC(C(=O)N(C)CCC(N)C(C)C)CC1=O. The molecule has 1 rings (SSSR count). The van der Waals surface area contributed by atoms with Crippen LogP contribution in [0.4, 0.5) is 0 Å². The predicted octanol–water partition coefficient (Wildman–Crippen LogP) is 0.313. The summed E-state index contributed by atoms with van der Waals surface area (Å²) in [5.74, 6) is 0.262. The Morgan fingerprint density at radius 3 is 2.76 bits per heavy atom. The maximum atomic E-state index is 12.4. The second-order valence-electron chi connectivity index (χ2n) is 6.19. The molecule has 6 nitrogen and oxygen atoms in total. The van der Waals surface area contributed by atoms with Crippen LogP contribution in [0.15, 0.2) is 0 Å². The summed E-state index contributed by atoms with van der Waals surface area (Å²) in [4.78, 5) is 27.6. The minimum Gasteiger partial charge on any atom is -0.383 e. The first-order chi connectivity index (χ1) is 9.86. The average Bonchev–Trinajstić information content (AvgIpc) is 2.82. The molecule has 21 heavy (non-hydrogen) atoms. The highest BCUT2D eigenvalue weighted by Crippen LogP contribution is 2.19. The van der Waals surface area contributed by atoms with Crippen molar-refractivity contribution in [2.45, 2.75) is 32.7 Å². The number of nitrogens with zero attached hydrogens (tertiary/aromatic N) is 2. The van der Waals surface area contributed by atoms with Gasteiger partial charge in [-0.25, -0.2) is 0 Å². The summed E-state index contributed by atoms with van der Waals surface area (Å²) in [6.45, 7) is 6.36. The zero-order valence-electron chi connectivity index (χ0n) is 13.7. The van der Waals surface area contributed by atoms with Gasteiger partial charge in [0.15, 0.2) is 0 Å². The zero-order valence-corrected chi connectivity index (χ0v) is 13.7. The Labute approximate surface area is 127 Å². The van der Waals surface area contributed by atoms with Crippen molar-refractivity contribution in [1.82, 2.24) is 9.80 Å². The summed E-state index contributed by atoms with van der Waals surface area (Å²) in [5, 5.41) is 0. The van der Waals surface area contributed by atoms with E-state index in [4.69, 9.17) is 10.5 Å². The topological polar surface area (TPSA) is 75.9 Å². The second kappa shape index (κ2) is 8.34. The van der Waals surface area contributed by atoms with Gasteiger partial charge in [0.25, 0.3) is 0 Å². The largest absolute Gasteiger partial charge is 0.383 e. The molecule has 1 fully saturated rings. The lowest BCUT2D eigenvalue weighted by molar-refractivity contribution is -0.134. The van der Waals surface area contributed by atoms with E-state index in [9.17, 15) is 9.59 Å². The van der Waals surface area contributed by atoms with Gasteiger partial charge in [-0.2, -0.15) is 0 Å². The lowest BCUT2D eigenvalue weighted by atomic mass is 10.0. The van der Waals surface area contributed by atoms with E-state index < -0.39 is 0 Å². The van der Waals surface area contributed by atoms with Crippen molar-refractivity contribution < 1.29 is 14.3 Å². The van der Waals surface area contributed by atoms with Crippen LogP contribution in [0.3, 0.4) is 0 Å². The molecule has 0 aliphatic carbocycles. The van der Waals surface area contributed by atoms with Crippen molar-refractivity contribution >= 4 is 11.8 Å². The van der Waals surface area contributed by atoms with E-state index >= 15 is 0 Å². The summed E-state index contributed by atoms with van der Waals surface area (Å²) in [7, 11) is 3.40. The van der Waals surface area contributed by atoms with E-state index in [1.54, 1.807) is 24.0 Å². The number of likely N-dealkylation sites (tertiary alicyclic amines) is 1. The van der Waals surface area contributed by atoms with E-state index in [1.807, 2.05) is 0 Å². The van der Waals surface area contributed by atoms with Crippen LogP contribution in [0.25, 0.3) is 0 Å². The van der Waals surface area contributed by atoms with Crippen molar-refractivity contribution in [1.29, 1.82) is 0 Å². The van der Waals surface area contributed by atoms with Gasteiger partial charge in [-0.3, -0.25) is 9.59 Å². The molecule has 1 heterocycles. The van der Waals surface area contributed by atoms with Crippen LogP contribution in [0.5, 0.6) is 0 Å². The summed E-state index contributed by atoms with van der Waals surface area (Å²) < 4.78 is 4.98. The molecule has 0 aromatic rings. The molecule has 0 aromatic carbocycles. The third kappa shape index (κ3) is 5.28. The molecular weight excluding hydrogens is 270 g/mol. The maximum Gasteiger partial charge on any atom is 0.227 e. The van der Waals surface area contributed by atoms with Crippen LogP contribution in [0.2, 0.25) is 0 Å². The maximum absolute atomic E-state index is 12.4. The highest BCUT2D eigenvalue weighted by atomic mass is 16.5. The summed E-state index contributed by atoms with van der Waals surface area (Å²) in [6.07, 6.45) is 1.09. The third-order valence-electron chi connectivity index (χ3n) is 4.16. The Kier molecular flexibility index (Phi) is 7.11. The molecule has 0 saturated carbocycles. The summed E-state index contributed by atoms with van der Waals surface area (Å²) in [6, 6.07) is 0.101. The molecule has 0 radical (unpaired) electrons. The number of nitrogens with two attached hydrogens (primary N) is 1. The van der Waals surface area contributed by atoms with Crippen LogP contribution in [0, 0.1) is 11.8 Å². The monoisotopic (exact) mass is 299 g/mol. The van der Waals surface area contributed by atoms with Crippen LogP contribution in [-0.4, -0.2) is 68.1 Å². The minimum absolute atomic E-state index is 0.0395. The number of carbonyl (C=O) groups is 2. The van der Waals surface area contributed by atoms with Gasteiger partial charge in [-0.15, -0.1) is 0 Å². The van der Waals surface area contributed by atoms with E-state index in [2.05, 4.69) is 13.8 Å². The zero-order chi connectivity index (χ0) is 16.0. The third-order valence-corrected chi connectivity index (χ3v) is 4.16. The first-order valence-electron chi connectivity index (χ1n) is 7.64. The number of carbonyl (C=O) groups excluding carboxylic acids is 2. The molecular formula is C15H29N3O3.